The molecule has 0 unspecified atom stereocenters. The van der Waals surface area contributed by atoms with Gasteiger partial charge in [0.25, 0.3) is 0 Å². The minimum absolute atomic E-state index is 0.582. The summed E-state index contributed by atoms with van der Waals surface area (Å²) in [6, 6.07) is 2.13. The van der Waals surface area contributed by atoms with Gasteiger partial charge in [0.2, 0.25) is 0 Å². The average Bonchev–Trinajstić information content (AvgIpc) is 2.02. The van der Waals surface area contributed by atoms with Gasteiger partial charge < -0.3 is 10.6 Å². The number of aryl methyl sites for hydroxylation is 1. The molecule has 70 valence electrons. The van der Waals surface area contributed by atoms with Crippen LogP contribution in [0.15, 0.2) is 12.3 Å². The third-order valence-corrected chi connectivity index (χ3v) is 2.52. The second kappa shape index (κ2) is 3.34. The second-order valence-corrected chi connectivity index (χ2v) is 3.50. The van der Waals surface area contributed by atoms with Crippen molar-refractivity contribution >= 4 is 5.69 Å². The van der Waals surface area contributed by atoms with Crippen LogP contribution in [0.25, 0.3) is 0 Å². The summed E-state index contributed by atoms with van der Waals surface area (Å²) in [7, 11) is 0. The molecule has 3 nitrogen and oxygen atoms in total. The molecule has 0 amide bonds. The maximum absolute atomic E-state index is 5.65. The van der Waals surface area contributed by atoms with Gasteiger partial charge in [-0.05, 0) is 19.4 Å². The van der Waals surface area contributed by atoms with Gasteiger partial charge in [-0.3, -0.25) is 4.98 Å². The van der Waals surface area contributed by atoms with Gasteiger partial charge in [-0.2, -0.15) is 0 Å². The van der Waals surface area contributed by atoms with Crippen molar-refractivity contribution in [3.05, 3.63) is 23.5 Å². The van der Waals surface area contributed by atoms with E-state index in [1.807, 2.05) is 13.1 Å². The SMILES string of the molecule is Cc1cc(N2CCC2)c(CN)cn1. The van der Waals surface area contributed by atoms with Crippen molar-refractivity contribution < 1.29 is 0 Å². The van der Waals surface area contributed by atoms with Gasteiger partial charge in [0.05, 0.1) is 0 Å². The van der Waals surface area contributed by atoms with E-state index in [1.54, 1.807) is 0 Å². The van der Waals surface area contributed by atoms with Crippen LogP contribution in [0.5, 0.6) is 0 Å². The molecule has 0 spiro atoms. The van der Waals surface area contributed by atoms with E-state index >= 15 is 0 Å². The van der Waals surface area contributed by atoms with Gasteiger partial charge in [-0.15, -0.1) is 0 Å². The summed E-state index contributed by atoms with van der Waals surface area (Å²) in [6.45, 7) is 4.93. The van der Waals surface area contributed by atoms with Crippen molar-refractivity contribution in [3.63, 3.8) is 0 Å². The molecule has 1 aromatic heterocycles. The van der Waals surface area contributed by atoms with Crippen LogP contribution in [0.1, 0.15) is 17.7 Å². The van der Waals surface area contributed by atoms with Gasteiger partial charge in [-0.25, -0.2) is 0 Å². The van der Waals surface area contributed by atoms with E-state index in [0.717, 1.165) is 24.3 Å². The predicted molar refractivity (Wildman–Crippen MR) is 53.7 cm³/mol. The quantitative estimate of drug-likeness (QED) is 0.734. The van der Waals surface area contributed by atoms with E-state index in [-0.39, 0.29) is 0 Å². The number of aromatic nitrogens is 1. The van der Waals surface area contributed by atoms with Gasteiger partial charge in [0.1, 0.15) is 0 Å². The highest BCUT2D eigenvalue weighted by Crippen LogP contribution is 2.24. The first-order valence-corrected chi connectivity index (χ1v) is 4.72. The highest BCUT2D eigenvalue weighted by molar-refractivity contribution is 5.55. The molecule has 1 aliphatic heterocycles. The lowest BCUT2D eigenvalue weighted by Gasteiger charge is -2.34. The summed E-state index contributed by atoms with van der Waals surface area (Å²) in [4.78, 5) is 6.60. The first-order chi connectivity index (χ1) is 6.31. The van der Waals surface area contributed by atoms with E-state index in [1.165, 1.54) is 12.1 Å². The number of hydrogen-bond acceptors (Lipinski definition) is 3. The topological polar surface area (TPSA) is 42.1 Å². The molecule has 1 saturated heterocycles. The maximum Gasteiger partial charge on any atom is 0.0445 e. The Labute approximate surface area is 78.6 Å². The van der Waals surface area contributed by atoms with Crippen LogP contribution in [0.4, 0.5) is 5.69 Å². The molecular weight excluding hydrogens is 162 g/mol. The maximum atomic E-state index is 5.65. The standard InChI is InChI=1S/C10H15N3/c1-8-5-10(13-3-2-4-13)9(6-11)7-12-8/h5,7H,2-4,6,11H2,1H3. The lowest BCUT2D eigenvalue weighted by atomic mass is 10.1. The zero-order chi connectivity index (χ0) is 9.26. The van der Waals surface area contributed by atoms with Crippen molar-refractivity contribution in [1.29, 1.82) is 0 Å². The number of nitrogens with two attached hydrogens (primary N) is 1. The molecular formula is C10H15N3. The molecule has 0 bridgehead atoms. The molecule has 3 heteroatoms. The van der Waals surface area contributed by atoms with Crippen molar-refractivity contribution in [3.8, 4) is 0 Å². The smallest absolute Gasteiger partial charge is 0.0445 e. The summed E-state index contributed by atoms with van der Waals surface area (Å²) in [5.74, 6) is 0. The van der Waals surface area contributed by atoms with Gasteiger partial charge in [0, 0.05) is 42.8 Å². The zero-order valence-electron chi connectivity index (χ0n) is 7.95. The van der Waals surface area contributed by atoms with Crippen LogP contribution in [0.3, 0.4) is 0 Å². The normalized spacial score (nSPS) is 15.7. The summed E-state index contributed by atoms with van der Waals surface area (Å²) >= 11 is 0. The first-order valence-electron chi connectivity index (χ1n) is 4.72. The molecule has 0 saturated carbocycles. The minimum Gasteiger partial charge on any atom is -0.371 e. The van der Waals surface area contributed by atoms with E-state index in [2.05, 4.69) is 16.0 Å². The molecule has 0 radical (unpaired) electrons. The third-order valence-electron chi connectivity index (χ3n) is 2.52. The van der Waals surface area contributed by atoms with Crippen LogP contribution in [-0.4, -0.2) is 18.1 Å². The van der Waals surface area contributed by atoms with Crippen LogP contribution >= 0.6 is 0 Å². The first kappa shape index (κ1) is 8.51. The van der Waals surface area contributed by atoms with E-state index in [4.69, 9.17) is 5.73 Å². The molecule has 1 fully saturated rings. The Kier molecular flexibility index (Phi) is 2.19. The number of pyridine rings is 1. The Morgan fingerprint density at radius 3 is 2.85 bits per heavy atom. The minimum atomic E-state index is 0.582. The molecule has 1 aliphatic rings. The van der Waals surface area contributed by atoms with E-state index in [9.17, 15) is 0 Å². The lowest BCUT2D eigenvalue weighted by Crippen LogP contribution is -2.38. The second-order valence-electron chi connectivity index (χ2n) is 3.50. The van der Waals surface area contributed by atoms with Crippen LogP contribution in [-0.2, 0) is 6.54 Å². The Hall–Kier alpha value is -1.09. The molecule has 0 aromatic carbocycles. The van der Waals surface area contributed by atoms with E-state index in [0.29, 0.717) is 6.54 Å². The lowest BCUT2D eigenvalue weighted by molar-refractivity contribution is 0.614. The van der Waals surface area contributed by atoms with Gasteiger partial charge >= 0.3 is 0 Å². The number of hydrogen-bond donors (Lipinski definition) is 1. The molecule has 2 rings (SSSR count). The zero-order valence-corrected chi connectivity index (χ0v) is 7.95. The van der Waals surface area contributed by atoms with Crippen LogP contribution in [0.2, 0.25) is 0 Å². The van der Waals surface area contributed by atoms with Gasteiger partial charge in [-0.1, -0.05) is 0 Å². The summed E-state index contributed by atoms with van der Waals surface area (Å²) in [5.41, 5.74) is 9.16. The summed E-state index contributed by atoms with van der Waals surface area (Å²) in [5, 5.41) is 0. The molecule has 1 aromatic rings. The van der Waals surface area contributed by atoms with Crippen molar-refractivity contribution in [2.75, 3.05) is 18.0 Å². The Morgan fingerprint density at radius 1 is 1.54 bits per heavy atom. The Bertz CT molecular complexity index is 305. The van der Waals surface area contributed by atoms with Crippen molar-refractivity contribution in [2.24, 2.45) is 5.73 Å². The average molecular weight is 177 g/mol. The van der Waals surface area contributed by atoms with Crippen LogP contribution in [0, 0.1) is 6.92 Å². The van der Waals surface area contributed by atoms with Crippen molar-refractivity contribution in [1.82, 2.24) is 4.98 Å². The van der Waals surface area contributed by atoms with Gasteiger partial charge in [0.15, 0.2) is 0 Å². The van der Waals surface area contributed by atoms with Crippen LogP contribution < -0.4 is 10.6 Å². The molecule has 0 aliphatic carbocycles. The monoisotopic (exact) mass is 177 g/mol. The fourth-order valence-corrected chi connectivity index (χ4v) is 1.58. The Morgan fingerprint density at radius 2 is 2.31 bits per heavy atom. The molecule has 13 heavy (non-hydrogen) atoms. The summed E-state index contributed by atoms with van der Waals surface area (Å²) in [6.07, 6.45) is 3.19. The van der Waals surface area contributed by atoms with Crippen molar-refractivity contribution in [2.45, 2.75) is 19.9 Å². The highest BCUT2D eigenvalue weighted by Gasteiger charge is 2.17. The van der Waals surface area contributed by atoms with E-state index < -0.39 is 0 Å². The molecule has 2 heterocycles. The largest absolute Gasteiger partial charge is 0.371 e. The fraction of sp³-hybridized carbons (Fsp3) is 0.500. The number of rotatable bonds is 2. The third kappa shape index (κ3) is 1.52. The molecule has 2 N–H and O–H groups in total. The summed E-state index contributed by atoms with van der Waals surface area (Å²) < 4.78 is 0. The predicted octanol–water partition coefficient (Wildman–Crippen LogP) is 1.06. The molecule has 0 atom stereocenters. The Balaban J connectivity index is 2.33. The highest BCUT2D eigenvalue weighted by atomic mass is 15.2. The number of nitrogens with zero attached hydrogens (tertiary/aromatic N) is 2. The number of anilines is 1. The fourth-order valence-electron chi connectivity index (χ4n) is 1.58.